The third-order valence-corrected chi connectivity index (χ3v) is 5.39. The highest BCUT2D eigenvalue weighted by Gasteiger charge is 2.19. The van der Waals surface area contributed by atoms with E-state index in [1.165, 1.54) is 7.11 Å². The van der Waals surface area contributed by atoms with Gasteiger partial charge in [0.1, 0.15) is 0 Å². The summed E-state index contributed by atoms with van der Waals surface area (Å²) in [6.07, 6.45) is 0. The van der Waals surface area contributed by atoms with Gasteiger partial charge in [0.05, 0.1) is 25.8 Å². The summed E-state index contributed by atoms with van der Waals surface area (Å²) in [5.41, 5.74) is 0.858. The predicted octanol–water partition coefficient (Wildman–Crippen LogP) is 4.44. The van der Waals surface area contributed by atoms with E-state index in [-0.39, 0.29) is 5.91 Å². The summed E-state index contributed by atoms with van der Waals surface area (Å²) in [5.74, 6) is -0.551. The number of esters is 1. The van der Waals surface area contributed by atoms with Crippen molar-refractivity contribution in [2.75, 3.05) is 7.11 Å². The first-order valence-electron chi connectivity index (χ1n) is 7.70. The van der Waals surface area contributed by atoms with E-state index in [9.17, 15) is 9.59 Å². The number of methoxy groups -OCH3 is 1. The molecule has 0 saturated carbocycles. The van der Waals surface area contributed by atoms with Crippen LogP contribution in [0.2, 0.25) is 0 Å². The Hall–Kier alpha value is -2.44. The van der Waals surface area contributed by atoms with E-state index < -0.39 is 5.97 Å². The van der Waals surface area contributed by atoms with Crippen molar-refractivity contribution < 1.29 is 14.3 Å². The summed E-state index contributed by atoms with van der Waals surface area (Å²) in [6.45, 7) is 1.08. The van der Waals surface area contributed by atoms with Gasteiger partial charge in [0.15, 0.2) is 0 Å². The molecule has 0 fully saturated rings. The first-order valence-corrected chi connectivity index (χ1v) is 9.45. The molecule has 0 atom stereocenters. The molecule has 3 aromatic rings. The summed E-state index contributed by atoms with van der Waals surface area (Å²) in [6, 6.07) is 14.7. The lowest BCUT2D eigenvalue weighted by Gasteiger charge is -2.22. The van der Waals surface area contributed by atoms with E-state index in [0.717, 1.165) is 9.75 Å². The van der Waals surface area contributed by atoms with Crippen molar-refractivity contribution in [2.45, 2.75) is 13.1 Å². The zero-order valence-electron chi connectivity index (χ0n) is 13.7. The number of rotatable bonds is 6. The summed E-state index contributed by atoms with van der Waals surface area (Å²) < 4.78 is 4.74. The van der Waals surface area contributed by atoms with Gasteiger partial charge in [0, 0.05) is 15.3 Å². The monoisotopic (exact) mass is 371 g/mol. The molecule has 2 aromatic heterocycles. The highest BCUT2D eigenvalue weighted by Crippen LogP contribution is 2.20. The predicted molar refractivity (Wildman–Crippen MR) is 100.0 cm³/mol. The van der Waals surface area contributed by atoms with Crippen molar-refractivity contribution >= 4 is 34.6 Å². The van der Waals surface area contributed by atoms with Crippen molar-refractivity contribution in [3.8, 4) is 0 Å². The van der Waals surface area contributed by atoms with Gasteiger partial charge in [-0.3, -0.25) is 4.79 Å². The minimum atomic E-state index is -0.447. The highest BCUT2D eigenvalue weighted by atomic mass is 32.1. The second-order valence-corrected chi connectivity index (χ2v) is 7.46. The van der Waals surface area contributed by atoms with Crippen LogP contribution in [0.15, 0.2) is 59.3 Å². The van der Waals surface area contributed by atoms with Gasteiger partial charge in [-0.25, -0.2) is 4.79 Å². The van der Waals surface area contributed by atoms with Gasteiger partial charge in [-0.1, -0.05) is 18.2 Å². The first-order chi connectivity index (χ1) is 12.2. The van der Waals surface area contributed by atoms with Gasteiger partial charge in [0.25, 0.3) is 5.91 Å². The van der Waals surface area contributed by atoms with E-state index in [1.807, 2.05) is 35.0 Å². The van der Waals surface area contributed by atoms with Crippen LogP contribution in [-0.2, 0) is 17.8 Å². The highest BCUT2D eigenvalue weighted by molar-refractivity contribution is 7.10. The largest absolute Gasteiger partial charge is 0.465 e. The number of benzene rings is 1. The first kappa shape index (κ1) is 17.4. The Balaban J connectivity index is 1.86. The molecule has 0 bridgehead atoms. The Labute approximate surface area is 154 Å². The Morgan fingerprint density at radius 2 is 1.52 bits per heavy atom. The van der Waals surface area contributed by atoms with Crippen LogP contribution in [0.3, 0.4) is 0 Å². The van der Waals surface area contributed by atoms with Crippen molar-refractivity contribution in [3.63, 3.8) is 0 Å². The van der Waals surface area contributed by atoms with Gasteiger partial charge in [-0.15, -0.1) is 22.7 Å². The summed E-state index contributed by atoms with van der Waals surface area (Å²) in [7, 11) is 1.33. The van der Waals surface area contributed by atoms with E-state index >= 15 is 0 Å². The van der Waals surface area contributed by atoms with Crippen LogP contribution in [0.25, 0.3) is 0 Å². The second-order valence-electron chi connectivity index (χ2n) is 5.39. The van der Waals surface area contributed by atoms with Crippen LogP contribution in [0, 0.1) is 0 Å². The van der Waals surface area contributed by atoms with Gasteiger partial charge >= 0.3 is 5.97 Å². The molecule has 0 aliphatic carbocycles. The van der Waals surface area contributed by atoms with Crippen LogP contribution in [0.5, 0.6) is 0 Å². The zero-order valence-corrected chi connectivity index (χ0v) is 15.3. The standard InChI is InChI=1S/C19H17NO3S2/c1-23-19(22)15-6-2-5-14(11-15)18(21)20(12-16-7-3-9-24-16)13-17-8-4-10-25-17/h2-11H,12-13H2,1H3. The normalized spacial score (nSPS) is 10.4. The molecule has 6 heteroatoms. The molecule has 0 radical (unpaired) electrons. The van der Waals surface area contributed by atoms with E-state index in [4.69, 9.17) is 4.74 Å². The Morgan fingerprint density at radius 1 is 0.920 bits per heavy atom. The third kappa shape index (κ3) is 4.35. The molecule has 0 saturated heterocycles. The van der Waals surface area contributed by atoms with Gasteiger partial charge in [-0.05, 0) is 41.1 Å². The lowest BCUT2D eigenvalue weighted by atomic mass is 10.1. The molecule has 0 aliphatic heterocycles. The molecule has 2 heterocycles. The number of carbonyl (C=O) groups is 2. The number of hydrogen-bond donors (Lipinski definition) is 0. The number of carbonyl (C=O) groups excluding carboxylic acids is 2. The minimum Gasteiger partial charge on any atom is -0.465 e. The third-order valence-electron chi connectivity index (χ3n) is 3.67. The lowest BCUT2D eigenvalue weighted by molar-refractivity contribution is 0.0600. The number of nitrogens with zero attached hydrogens (tertiary/aromatic N) is 1. The van der Waals surface area contributed by atoms with Crippen LogP contribution < -0.4 is 0 Å². The SMILES string of the molecule is COC(=O)c1cccc(C(=O)N(Cc2cccs2)Cc2cccs2)c1. The van der Waals surface area contributed by atoms with E-state index in [2.05, 4.69) is 0 Å². The quantitative estimate of drug-likeness (QED) is 0.602. The topological polar surface area (TPSA) is 46.6 Å². The van der Waals surface area contributed by atoms with Crippen molar-refractivity contribution in [3.05, 3.63) is 80.2 Å². The molecule has 1 aromatic carbocycles. The van der Waals surface area contributed by atoms with Crippen molar-refractivity contribution in [1.82, 2.24) is 4.90 Å². The molecule has 128 valence electrons. The lowest BCUT2D eigenvalue weighted by Crippen LogP contribution is -2.29. The Morgan fingerprint density at radius 3 is 2.04 bits per heavy atom. The molecular formula is C19H17NO3S2. The summed E-state index contributed by atoms with van der Waals surface area (Å²) in [5, 5.41) is 4.00. The maximum absolute atomic E-state index is 13.0. The molecule has 1 amide bonds. The number of ether oxygens (including phenoxy) is 1. The number of thiophene rings is 2. The average Bonchev–Trinajstić information content (AvgIpc) is 3.34. The van der Waals surface area contributed by atoms with Crippen molar-refractivity contribution in [1.29, 1.82) is 0 Å². The molecule has 0 spiro atoms. The fourth-order valence-corrected chi connectivity index (χ4v) is 3.90. The van der Waals surface area contributed by atoms with Crippen LogP contribution in [0.4, 0.5) is 0 Å². The van der Waals surface area contributed by atoms with Gasteiger partial charge in [0.2, 0.25) is 0 Å². The molecule has 25 heavy (non-hydrogen) atoms. The summed E-state index contributed by atoms with van der Waals surface area (Å²) in [4.78, 5) is 28.8. The van der Waals surface area contributed by atoms with Crippen molar-refractivity contribution in [2.24, 2.45) is 0 Å². The van der Waals surface area contributed by atoms with E-state index in [0.29, 0.717) is 24.2 Å². The molecule has 0 unspecified atom stereocenters. The molecule has 4 nitrogen and oxygen atoms in total. The molecule has 0 N–H and O–H groups in total. The molecular weight excluding hydrogens is 354 g/mol. The number of amides is 1. The van der Waals surface area contributed by atoms with Crippen LogP contribution >= 0.6 is 22.7 Å². The van der Waals surface area contributed by atoms with Gasteiger partial charge < -0.3 is 9.64 Å². The fourth-order valence-electron chi connectivity index (χ4n) is 2.46. The smallest absolute Gasteiger partial charge is 0.337 e. The number of hydrogen-bond acceptors (Lipinski definition) is 5. The summed E-state index contributed by atoms with van der Waals surface area (Å²) >= 11 is 3.25. The zero-order chi connectivity index (χ0) is 17.6. The fraction of sp³-hybridized carbons (Fsp3) is 0.158. The molecule has 0 aliphatic rings. The maximum atomic E-state index is 13.0. The average molecular weight is 371 g/mol. The molecule has 3 rings (SSSR count). The van der Waals surface area contributed by atoms with Crippen LogP contribution in [0.1, 0.15) is 30.5 Å². The van der Waals surface area contributed by atoms with E-state index in [1.54, 1.807) is 51.8 Å². The van der Waals surface area contributed by atoms with Gasteiger partial charge in [-0.2, -0.15) is 0 Å². The van der Waals surface area contributed by atoms with Crippen LogP contribution in [-0.4, -0.2) is 23.9 Å². The minimum absolute atomic E-state index is 0.104. The Kier molecular flexibility index (Phi) is 5.63. The maximum Gasteiger partial charge on any atom is 0.337 e. The second kappa shape index (κ2) is 8.09. The Bertz CT molecular complexity index is 805.